The monoisotopic (exact) mass is 277 g/mol. The van der Waals surface area contributed by atoms with Crippen LogP contribution < -0.4 is 16.6 Å². The van der Waals surface area contributed by atoms with E-state index in [9.17, 15) is 9.59 Å². The molecule has 1 aromatic rings. The van der Waals surface area contributed by atoms with E-state index in [1.165, 1.54) is 29.7 Å². The average molecular weight is 277 g/mol. The van der Waals surface area contributed by atoms with Crippen molar-refractivity contribution >= 4 is 11.6 Å². The van der Waals surface area contributed by atoms with Gasteiger partial charge in [0.05, 0.1) is 0 Å². The van der Waals surface area contributed by atoms with Crippen LogP contribution in [0.1, 0.15) is 39.0 Å². The van der Waals surface area contributed by atoms with Crippen LogP contribution in [0.25, 0.3) is 0 Å². The van der Waals surface area contributed by atoms with Crippen molar-refractivity contribution in [2.24, 2.45) is 5.92 Å². The number of aromatic nitrogens is 1. The van der Waals surface area contributed by atoms with E-state index in [2.05, 4.69) is 12.2 Å². The molecule has 2 atom stereocenters. The van der Waals surface area contributed by atoms with Crippen LogP contribution in [0.3, 0.4) is 0 Å². The van der Waals surface area contributed by atoms with Gasteiger partial charge in [0, 0.05) is 24.0 Å². The summed E-state index contributed by atoms with van der Waals surface area (Å²) < 4.78 is 1.35. The molecule has 20 heavy (non-hydrogen) atoms. The quantitative estimate of drug-likeness (QED) is 0.822. The summed E-state index contributed by atoms with van der Waals surface area (Å²) >= 11 is 0. The second kappa shape index (κ2) is 6.59. The third-order valence-electron chi connectivity index (χ3n) is 4.03. The molecule has 0 bridgehead atoms. The Morgan fingerprint density at radius 1 is 1.35 bits per heavy atom. The van der Waals surface area contributed by atoms with Gasteiger partial charge in [0.15, 0.2) is 0 Å². The van der Waals surface area contributed by atoms with Gasteiger partial charge in [-0.25, -0.2) is 0 Å². The maximum absolute atomic E-state index is 12.1. The van der Waals surface area contributed by atoms with Gasteiger partial charge in [-0.3, -0.25) is 9.59 Å². The number of nitrogens with one attached hydrogen (secondary N) is 1. The first kappa shape index (κ1) is 14.6. The molecule has 5 nitrogen and oxygen atoms in total. The minimum absolute atomic E-state index is 0.0348. The van der Waals surface area contributed by atoms with Crippen molar-refractivity contribution in [3.63, 3.8) is 0 Å². The number of anilines is 1. The first-order valence-corrected chi connectivity index (χ1v) is 7.31. The minimum atomic E-state index is -0.205. The lowest BCUT2D eigenvalue weighted by Crippen LogP contribution is -2.41. The first-order valence-electron chi connectivity index (χ1n) is 7.31. The van der Waals surface area contributed by atoms with E-state index < -0.39 is 0 Å². The molecule has 2 rings (SSSR count). The van der Waals surface area contributed by atoms with Crippen molar-refractivity contribution < 1.29 is 4.79 Å². The minimum Gasteiger partial charge on any atom is -0.398 e. The molecule has 1 fully saturated rings. The molecule has 1 saturated carbocycles. The number of rotatable bonds is 3. The van der Waals surface area contributed by atoms with E-state index in [1.54, 1.807) is 6.07 Å². The Labute approximate surface area is 119 Å². The Kier molecular flexibility index (Phi) is 4.82. The van der Waals surface area contributed by atoms with Crippen molar-refractivity contribution in [1.29, 1.82) is 0 Å². The standard InChI is InChI=1S/C15H23N3O2/c1-11-5-3-2-4-6-13(11)17-14(19)10-18-9-12(16)7-8-15(18)20/h7-9,11,13H,2-6,10,16H2,1H3,(H,17,19). The predicted octanol–water partition coefficient (Wildman–Crippen LogP) is 1.52. The highest BCUT2D eigenvalue weighted by Crippen LogP contribution is 2.22. The number of carbonyl (C=O) groups excluding carboxylic acids is 1. The predicted molar refractivity (Wildman–Crippen MR) is 79.3 cm³/mol. The van der Waals surface area contributed by atoms with Crippen LogP contribution in [0.4, 0.5) is 5.69 Å². The molecule has 0 aliphatic heterocycles. The van der Waals surface area contributed by atoms with Crippen LogP contribution in [0.15, 0.2) is 23.1 Å². The highest BCUT2D eigenvalue weighted by Gasteiger charge is 2.21. The van der Waals surface area contributed by atoms with Crippen LogP contribution in [0.2, 0.25) is 0 Å². The lowest BCUT2D eigenvalue weighted by molar-refractivity contribution is -0.122. The van der Waals surface area contributed by atoms with Gasteiger partial charge in [0.25, 0.3) is 5.56 Å². The molecule has 0 saturated heterocycles. The number of nitrogen functional groups attached to an aromatic ring is 1. The molecule has 0 radical (unpaired) electrons. The maximum Gasteiger partial charge on any atom is 0.251 e. The van der Waals surface area contributed by atoms with Crippen LogP contribution in [-0.4, -0.2) is 16.5 Å². The van der Waals surface area contributed by atoms with Crippen LogP contribution in [0.5, 0.6) is 0 Å². The van der Waals surface area contributed by atoms with E-state index in [0.717, 1.165) is 19.3 Å². The number of nitrogens with two attached hydrogens (primary N) is 1. The fourth-order valence-electron chi connectivity index (χ4n) is 2.79. The zero-order valence-electron chi connectivity index (χ0n) is 12.0. The van der Waals surface area contributed by atoms with Gasteiger partial charge in [-0.1, -0.05) is 26.2 Å². The molecule has 5 heteroatoms. The van der Waals surface area contributed by atoms with Gasteiger partial charge >= 0.3 is 0 Å². The summed E-state index contributed by atoms with van der Waals surface area (Å²) in [5, 5.41) is 3.06. The Bertz CT molecular complexity index is 524. The van der Waals surface area contributed by atoms with Crippen molar-refractivity contribution in [2.75, 3.05) is 5.73 Å². The highest BCUT2D eigenvalue weighted by molar-refractivity contribution is 5.76. The largest absolute Gasteiger partial charge is 0.398 e. The molecule has 2 unspecified atom stereocenters. The van der Waals surface area contributed by atoms with Crippen molar-refractivity contribution in [2.45, 2.75) is 51.6 Å². The van der Waals surface area contributed by atoms with Gasteiger partial charge in [-0.2, -0.15) is 0 Å². The van der Waals surface area contributed by atoms with E-state index in [-0.39, 0.29) is 24.1 Å². The Hall–Kier alpha value is -1.78. The molecule has 1 aliphatic rings. The van der Waals surface area contributed by atoms with Gasteiger partial charge in [0.1, 0.15) is 6.54 Å². The Balaban J connectivity index is 1.97. The van der Waals surface area contributed by atoms with Crippen LogP contribution in [-0.2, 0) is 11.3 Å². The summed E-state index contributed by atoms with van der Waals surface area (Å²) in [5.41, 5.74) is 5.92. The summed E-state index contributed by atoms with van der Waals surface area (Å²) in [6, 6.07) is 3.16. The van der Waals surface area contributed by atoms with Gasteiger partial charge in [-0.15, -0.1) is 0 Å². The number of nitrogens with zero attached hydrogens (tertiary/aromatic N) is 1. The van der Waals surface area contributed by atoms with E-state index in [0.29, 0.717) is 11.6 Å². The highest BCUT2D eigenvalue weighted by atomic mass is 16.2. The lowest BCUT2D eigenvalue weighted by Gasteiger charge is -2.23. The van der Waals surface area contributed by atoms with Gasteiger partial charge < -0.3 is 15.6 Å². The molecule has 0 spiro atoms. The Morgan fingerprint density at radius 3 is 2.90 bits per heavy atom. The smallest absolute Gasteiger partial charge is 0.251 e. The SMILES string of the molecule is CC1CCCCCC1NC(=O)Cn1cc(N)ccc1=O. The van der Waals surface area contributed by atoms with Gasteiger partial charge in [-0.05, 0) is 24.8 Å². The number of hydrogen-bond acceptors (Lipinski definition) is 3. The number of carbonyl (C=O) groups is 1. The third-order valence-corrected chi connectivity index (χ3v) is 4.03. The molecule has 110 valence electrons. The fourth-order valence-corrected chi connectivity index (χ4v) is 2.79. The Morgan fingerprint density at radius 2 is 2.10 bits per heavy atom. The summed E-state index contributed by atoms with van der Waals surface area (Å²) in [4.78, 5) is 23.7. The van der Waals surface area contributed by atoms with E-state index in [4.69, 9.17) is 5.73 Å². The lowest BCUT2D eigenvalue weighted by atomic mass is 9.97. The van der Waals surface area contributed by atoms with Crippen molar-refractivity contribution in [1.82, 2.24) is 9.88 Å². The van der Waals surface area contributed by atoms with Crippen LogP contribution >= 0.6 is 0 Å². The summed E-state index contributed by atoms with van der Waals surface area (Å²) in [6.45, 7) is 2.22. The summed E-state index contributed by atoms with van der Waals surface area (Å²) in [5.74, 6) is 0.385. The average Bonchev–Trinajstić information content (AvgIpc) is 2.59. The molecule has 0 aromatic carbocycles. The van der Waals surface area contributed by atoms with E-state index in [1.807, 2.05) is 0 Å². The fraction of sp³-hybridized carbons (Fsp3) is 0.600. The number of hydrogen-bond donors (Lipinski definition) is 2. The van der Waals surface area contributed by atoms with Gasteiger partial charge in [0.2, 0.25) is 5.91 Å². The summed E-state index contributed by atoms with van der Waals surface area (Å²) in [7, 11) is 0. The normalized spacial score (nSPS) is 23.1. The molecule has 1 heterocycles. The number of amides is 1. The van der Waals surface area contributed by atoms with Crippen molar-refractivity contribution in [3.8, 4) is 0 Å². The second-order valence-electron chi connectivity index (χ2n) is 5.72. The van der Waals surface area contributed by atoms with E-state index >= 15 is 0 Å². The second-order valence-corrected chi connectivity index (χ2v) is 5.72. The molecule has 1 aromatic heterocycles. The van der Waals surface area contributed by atoms with Crippen LogP contribution in [0, 0.1) is 5.92 Å². The number of pyridine rings is 1. The molecular weight excluding hydrogens is 254 g/mol. The molecule has 1 amide bonds. The maximum atomic E-state index is 12.1. The first-order chi connectivity index (χ1) is 9.56. The molecule has 3 N–H and O–H groups in total. The summed E-state index contributed by atoms with van der Waals surface area (Å²) in [6.07, 6.45) is 7.33. The van der Waals surface area contributed by atoms with Crippen molar-refractivity contribution in [3.05, 3.63) is 28.7 Å². The molecular formula is C15H23N3O2. The zero-order chi connectivity index (χ0) is 14.5. The topological polar surface area (TPSA) is 77.1 Å². The zero-order valence-corrected chi connectivity index (χ0v) is 12.0. The molecule has 1 aliphatic carbocycles. The third kappa shape index (κ3) is 3.85.